The molecule has 2 heterocycles. The molecule has 1 N–H and O–H groups in total. The van der Waals surface area contributed by atoms with E-state index in [4.69, 9.17) is 11.6 Å². The molecule has 0 aliphatic carbocycles. The molecule has 0 saturated heterocycles. The monoisotopic (exact) mass is 243 g/mol. The molecule has 0 fully saturated rings. The maximum atomic E-state index is 11.2. The second kappa shape index (κ2) is 3.92. The normalized spacial score (nSPS) is 11.1. The Morgan fingerprint density at radius 1 is 1.67 bits per heavy atom. The summed E-state index contributed by atoms with van der Waals surface area (Å²) in [4.78, 5) is 16.8. The first-order valence-electron chi connectivity index (χ1n) is 4.45. The lowest BCUT2D eigenvalue weighted by molar-refractivity contribution is 0.826. The molecule has 0 aliphatic heterocycles. The van der Waals surface area contributed by atoms with Crippen molar-refractivity contribution >= 4 is 27.9 Å². The van der Waals surface area contributed by atoms with Crippen LogP contribution in [0.2, 0.25) is 5.15 Å². The zero-order valence-corrected chi connectivity index (χ0v) is 9.95. The quantitative estimate of drug-likeness (QED) is 0.868. The van der Waals surface area contributed by atoms with Crippen LogP contribution in [0.1, 0.15) is 10.6 Å². The van der Waals surface area contributed by atoms with Gasteiger partial charge in [-0.3, -0.25) is 9.20 Å². The maximum Gasteiger partial charge on any atom is 0.274 e. The van der Waals surface area contributed by atoms with E-state index in [0.717, 1.165) is 10.6 Å². The largest absolute Gasteiger partial charge is 0.315 e. The van der Waals surface area contributed by atoms with Crippen LogP contribution in [0.25, 0.3) is 4.96 Å². The van der Waals surface area contributed by atoms with Gasteiger partial charge in [-0.05, 0) is 14.0 Å². The number of hydrogen-bond donors (Lipinski definition) is 1. The Hall–Kier alpha value is -0.910. The second-order valence-electron chi connectivity index (χ2n) is 3.20. The van der Waals surface area contributed by atoms with Gasteiger partial charge < -0.3 is 5.32 Å². The Bertz CT molecular complexity index is 560. The standard InChI is InChI=1S/C9H10ClN3OS/c1-5-3-7(14)12-9-13(5)8(10)6(15-9)4-11-2/h3,11H,4H2,1-2H3. The lowest BCUT2D eigenvalue weighted by atomic mass is 10.4. The van der Waals surface area contributed by atoms with Crippen LogP contribution in [0.4, 0.5) is 0 Å². The van der Waals surface area contributed by atoms with Crippen molar-refractivity contribution in [1.29, 1.82) is 0 Å². The van der Waals surface area contributed by atoms with Crippen molar-refractivity contribution in [2.45, 2.75) is 13.5 Å². The van der Waals surface area contributed by atoms with Crippen molar-refractivity contribution in [2.75, 3.05) is 7.05 Å². The number of halogens is 1. The minimum atomic E-state index is -0.221. The van der Waals surface area contributed by atoms with Gasteiger partial charge in [-0.15, -0.1) is 0 Å². The van der Waals surface area contributed by atoms with Crippen LogP contribution in [0, 0.1) is 6.92 Å². The number of rotatable bonds is 2. The maximum absolute atomic E-state index is 11.2. The van der Waals surface area contributed by atoms with Crippen molar-refractivity contribution in [1.82, 2.24) is 14.7 Å². The molecule has 4 nitrogen and oxygen atoms in total. The first-order chi connectivity index (χ1) is 7.13. The molecule has 80 valence electrons. The summed E-state index contributed by atoms with van der Waals surface area (Å²) in [5.41, 5.74) is 0.593. The molecule has 6 heteroatoms. The molecule has 0 aliphatic rings. The van der Waals surface area contributed by atoms with Gasteiger partial charge in [0.05, 0.1) is 4.88 Å². The highest BCUT2D eigenvalue weighted by molar-refractivity contribution is 7.17. The molecule has 0 amide bonds. The van der Waals surface area contributed by atoms with Gasteiger partial charge in [0.25, 0.3) is 5.56 Å². The van der Waals surface area contributed by atoms with Crippen LogP contribution in [-0.2, 0) is 6.54 Å². The van der Waals surface area contributed by atoms with E-state index in [1.54, 1.807) is 4.40 Å². The summed E-state index contributed by atoms with van der Waals surface area (Å²) in [5.74, 6) is 0. The van der Waals surface area contributed by atoms with Crippen LogP contribution in [-0.4, -0.2) is 16.4 Å². The van der Waals surface area contributed by atoms with Crippen LogP contribution >= 0.6 is 22.9 Å². The van der Waals surface area contributed by atoms with Gasteiger partial charge in [0.15, 0.2) is 4.96 Å². The van der Waals surface area contributed by atoms with Crippen molar-refractivity contribution < 1.29 is 0 Å². The highest BCUT2D eigenvalue weighted by Crippen LogP contribution is 2.26. The molecule has 2 aromatic rings. The zero-order valence-electron chi connectivity index (χ0n) is 8.37. The number of fused-ring (bicyclic) bond motifs is 1. The van der Waals surface area contributed by atoms with Crippen LogP contribution < -0.4 is 10.9 Å². The molecule has 2 rings (SSSR count). The van der Waals surface area contributed by atoms with Crippen molar-refractivity contribution in [2.24, 2.45) is 0 Å². The highest BCUT2D eigenvalue weighted by atomic mass is 35.5. The van der Waals surface area contributed by atoms with E-state index < -0.39 is 0 Å². The topological polar surface area (TPSA) is 46.4 Å². The number of thiazole rings is 1. The average Bonchev–Trinajstić information content (AvgIpc) is 2.43. The molecule has 15 heavy (non-hydrogen) atoms. The predicted molar refractivity (Wildman–Crippen MR) is 61.8 cm³/mol. The average molecular weight is 244 g/mol. The molecule has 0 unspecified atom stereocenters. The van der Waals surface area contributed by atoms with E-state index >= 15 is 0 Å². The minimum absolute atomic E-state index is 0.221. The second-order valence-corrected chi connectivity index (χ2v) is 4.62. The summed E-state index contributed by atoms with van der Waals surface area (Å²) in [5, 5.41) is 3.66. The lowest BCUT2D eigenvalue weighted by Gasteiger charge is -1.99. The van der Waals surface area contributed by atoms with E-state index in [1.807, 2.05) is 14.0 Å². The van der Waals surface area contributed by atoms with Gasteiger partial charge in [-0.1, -0.05) is 22.9 Å². The molecule has 0 aromatic carbocycles. The van der Waals surface area contributed by atoms with E-state index in [0.29, 0.717) is 16.7 Å². The van der Waals surface area contributed by atoms with Crippen molar-refractivity contribution in [3.63, 3.8) is 0 Å². The number of aromatic nitrogens is 2. The number of nitrogens with zero attached hydrogens (tertiary/aromatic N) is 2. The molecule has 2 aromatic heterocycles. The molecule has 0 radical (unpaired) electrons. The summed E-state index contributed by atoms with van der Waals surface area (Å²) in [7, 11) is 1.85. The fraction of sp³-hybridized carbons (Fsp3) is 0.333. The molecular formula is C9H10ClN3OS. The molecule has 0 bridgehead atoms. The van der Waals surface area contributed by atoms with Gasteiger partial charge in [0, 0.05) is 18.3 Å². The first kappa shape index (κ1) is 10.6. The summed E-state index contributed by atoms with van der Waals surface area (Å²) in [6, 6.07) is 1.48. The summed E-state index contributed by atoms with van der Waals surface area (Å²) in [6.07, 6.45) is 0. The fourth-order valence-electron chi connectivity index (χ4n) is 1.42. The molecule has 0 spiro atoms. The van der Waals surface area contributed by atoms with Crippen LogP contribution in [0.3, 0.4) is 0 Å². The van der Waals surface area contributed by atoms with E-state index in [2.05, 4.69) is 10.3 Å². The van der Waals surface area contributed by atoms with Gasteiger partial charge >= 0.3 is 0 Å². The van der Waals surface area contributed by atoms with E-state index in [9.17, 15) is 4.79 Å². The third-order valence-electron chi connectivity index (χ3n) is 2.06. The highest BCUT2D eigenvalue weighted by Gasteiger charge is 2.11. The van der Waals surface area contributed by atoms with Crippen LogP contribution in [0.15, 0.2) is 10.9 Å². The zero-order chi connectivity index (χ0) is 11.0. The minimum Gasteiger partial charge on any atom is -0.315 e. The van der Waals surface area contributed by atoms with Crippen molar-refractivity contribution in [3.8, 4) is 0 Å². The lowest BCUT2D eigenvalue weighted by Crippen LogP contribution is -2.08. The Labute approximate surface area is 95.5 Å². The summed E-state index contributed by atoms with van der Waals surface area (Å²) in [6.45, 7) is 2.53. The van der Waals surface area contributed by atoms with E-state index in [1.165, 1.54) is 17.4 Å². The number of aryl methyl sites for hydroxylation is 1. The third kappa shape index (κ3) is 1.78. The molecule has 0 atom stereocenters. The van der Waals surface area contributed by atoms with Crippen LogP contribution in [0.5, 0.6) is 0 Å². The van der Waals surface area contributed by atoms with Crippen molar-refractivity contribution in [3.05, 3.63) is 32.1 Å². The molecular weight excluding hydrogens is 234 g/mol. The van der Waals surface area contributed by atoms with Gasteiger partial charge in [-0.2, -0.15) is 4.98 Å². The Morgan fingerprint density at radius 3 is 3.07 bits per heavy atom. The third-order valence-corrected chi connectivity index (χ3v) is 3.61. The summed E-state index contributed by atoms with van der Waals surface area (Å²) >= 11 is 7.62. The molecule has 0 saturated carbocycles. The fourth-order valence-corrected chi connectivity index (χ4v) is 2.95. The first-order valence-corrected chi connectivity index (χ1v) is 5.65. The predicted octanol–water partition coefficient (Wildman–Crippen LogP) is 1.44. The Kier molecular flexibility index (Phi) is 2.77. The SMILES string of the molecule is CNCc1sc2nc(=O)cc(C)n2c1Cl. The number of nitrogens with one attached hydrogen (secondary N) is 1. The van der Waals surface area contributed by atoms with Gasteiger partial charge in [0.1, 0.15) is 5.15 Å². The summed E-state index contributed by atoms with van der Waals surface area (Å²) < 4.78 is 1.79. The number of hydrogen-bond acceptors (Lipinski definition) is 4. The Morgan fingerprint density at radius 2 is 2.40 bits per heavy atom. The van der Waals surface area contributed by atoms with Gasteiger partial charge in [-0.25, -0.2) is 0 Å². The Balaban J connectivity index is 2.76. The van der Waals surface area contributed by atoms with Gasteiger partial charge in [0.2, 0.25) is 0 Å². The smallest absolute Gasteiger partial charge is 0.274 e. The van der Waals surface area contributed by atoms with E-state index in [-0.39, 0.29) is 5.56 Å².